The third-order valence-corrected chi connectivity index (χ3v) is 1.25. The first kappa shape index (κ1) is 11.9. The van der Waals surface area contributed by atoms with E-state index in [1.54, 1.807) is 14.0 Å². The zero-order valence-electron chi connectivity index (χ0n) is 8.12. The van der Waals surface area contributed by atoms with Gasteiger partial charge in [0.1, 0.15) is 0 Å². The van der Waals surface area contributed by atoms with E-state index in [9.17, 15) is 9.59 Å². The molecule has 0 aromatic heterocycles. The second kappa shape index (κ2) is 6.42. The van der Waals surface area contributed by atoms with E-state index in [4.69, 9.17) is 4.74 Å². The van der Waals surface area contributed by atoms with Crippen LogP contribution < -0.4 is 5.32 Å². The molecular formula is C8H15NO4. The van der Waals surface area contributed by atoms with Gasteiger partial charge in [-0.05, 0) is 20.9 Å². The predicted molar refractivity (Wildman–Crippen MR) is 46.1 cm³/mol. The third-order valence-electron chi connectivity index (χ3n) is 1.25. The fourth-order valence-electron chi connectivity index (χ4n) is 0.691. The summed E-state index contributed by atoms with van der Waals surface area (Å²) in [5, 5.41) is 2.62. The molecular weight excluding hydrogens is 174 g/mol. The second-order valence-electron chi connectivity index (χ2n) is 2.41. The fraction of sp³-hybridized carbons (Fsp3) is 0.750. The normalized spacial score (nSPS) is 11.9. The quantitative estimate of drug-likeness (QED) is 0.601. The molecule has 5 heteroatoms. The summed E-state index contributed by atoms with van der Waals surface area (Å²) in [7, 11) is 1.62. The molecule has 0 aliphatic carbocycles. The number of carbonyl (C=O) groups excluding carboxylic acids is 2. The monoisotopic (exact) mass is 189 g/mol. The van der Waals surface area contributed by atoms with Gasteiger partial charge in [0.05, 0.1) is 13.2 Å². The lowest BCUT2D eigenvalue weighted by molar-refractivity contribution is -0.165. The zero-order valence-corrected chi connectivity index (χ0v) is 8.12. The van der Waals surface area contributed by atoms with E-state index >= 15 is 0 Å². The number of hydrogen-bond acceptors (Lipinski definition) is 5. The molecule has 5 nitrogen and oxygen atoms in total. The smallest absolute Gasteiger partial charge is 0.347 e. The van der Waals surface area contributed by atoms with E-state index in [0.717, 1.165) is 0 Å². The molecule has 0 heterocycles. The van der Waals surface area contributed by atoms with Gasteiger partial charge >= 0.3 is 11.9 Å². The molecule has 0 aliphatic rings. The van der Waals surface area contributed by atoms with Gasteiger partial charge in [-0.1, -0.05) is 0 Å². The zero-order chi connectivity index (χ0) is 10.3. The highest BCUT2D eigenvalue weighted by Gasteiger charge is 2.17. The van der Waals surface area contributed by atoms with Gasteiger partial charge in [0, 0.05) is 0 Å². The van der Waals surface area contributed by atoms with Crippen molar-refractivity contribution in [2.75, 3.05) is 20.2 Å². The van der Waals surface area contributed by atoms with Crippen molar-refractivity contribution in [3.05, 3.63) is 0 Å². The Labute approximate surface area is 77.4 Å². The van der Waals surface area contributed by atoms with Crippen LogP contribution in [0.2, 0.25) is 0 Å². The lowest BCUT2D eigenvalue weighted by Crippen LogP contribution is -2.30. The summed E-state index contributed by atoms with van der Waals surface area (Å²) in [6, 6.07) is 0. The summed E-state index contributed by atoms with van der Waals surface area (Å²) in [5.74, 6) is -0.991. The third kappa shape index (κ3) is 5.19. The summed E-state index contributed by atoms with van der Waals surface area (Å²) in [4.78, 5) is 21.8. The Morgan fingerprint density at radius 3 is 2.54 bits per heavy atom. The van der Waals surface area contributed by atoms with Crippen LogP contribution >= 0.6 is 0 Å². The average molecular weight is 189 g/mol. The van der Waals surface area contributed by atoms with E-state index in [-0.39, 0.29) is 13.2 Å². The molecule has 0 saturated heterocycles. The predicted octanol–water partition coefficient (Wildman–Crippen LogP) is -0.299. The highest BCUT2D eigenvalue weighted by molar-refractivity contribution is 5.79. The highest BCUT2D eigenvalue weighted by Crippen LogP contribution is 1.94. The number of rotatable bonds is 5. The number of carbonyl (C=O) groups is 2. The molecule has 0 unspecified atom stereocenters. The fourth-order valence-corrected chi connectivity index (χ4v) is 0.691. The number of hydrogen-bond donors (Lipinski definition) is 1. The van der Waals surface area contributed by atoms with Crippen molar-refractivity contribution in [1.82, 2.24) is 5.32 Å². The van der Waals surface area contributed by atoms with Gasteiger partial charge in [0.2, 0.25) is 0 Å². The van der Waals surface area contributed by atoms with Crippen LogP contribution in [0.5, 0.6) is 0 Å². The Morgan fingerprint density at radius 1 is 1.46 bits per heavy atom. The van der Waals surface area contributed by atoms with E-state index in [1.165, 1.54) is 6.92 Å². The molecule has 1 N–H and O–H groups in total. The Balaban J connectivity index is 3.78. The molecule has 0 spiro atoms. The molecule has 0 aliphatic heterocycles. The van der Waals surface area contributed by atoms with Crippen LogP contribution in [0.3, 0.4) is 0 Å². The van der Waals surface area contributed by atoms with Crippen molar-refractivity contribution >= 4 is 11.9 Å². The molecule has 0 saturated carbocycles. The van der Waals surface area contributed by atoms with Crippen molar-refractivity contribution in [1.29, 1.82) is 0 Å². The van der Waals surface area contributed by atoms with Crippen LogP contribution in [0.25, 0.3) is 0 Å². The Morgan fingerprint density at radius 2 is 2.08 bits per heavy atom. The molecule has 0 fully saturated rings. The lowest BCUT2D eigenvalue weighted by Gasteiger charge is -2.11. The standard InChI is InChI=1S/C8H15NO4/c1-4-12-8(11)6(2)13-7(10)5-9-3/h6,9H,4-5H2,1-3H3/t6-/m0/s1. The second-order valence-corrected chi connectivity index (χ2v) is 2.41. The summed E-state index contributed by atoms with van der Waals surface area (Å²) in [6.07, 6.45) is -0.833. The van der Waals surface area contributed by atoms with Gasteiger partial charge in [-0.3, -0.25) is 4.79 Å². The summed E-state index contributed by atoms with van der Waals surface area (Å²) >= 11 is 0. The van der Waals surface area contributed by atoms with Crippen molar-refractivity contribution in [2.24, 2.45) is 0 Å². The van der Waals surface area contributed by atoms with Gasteiger partial charge in [-0.2, -0.15) is 0 Å². The van der Waals surface area contributed by atoms with Crippen molar-refractivity contribution in [2.45, 2.75) is 20.0 Å². The van der Waals surface area contributed by atoms with Crippen molar-refractivity contribution in [3.8, 4) is 0 Å². The molecule has 0 rings (SSSR count). The van der Waals surface area contributed by atoms with Gasteiger partial charge in [0.25, 0.3) is 0 Å². The SMILES string of the molecule is CCOC(=O)[C@H](C)OC(=O)CNC. The topological polar surface area (TPSA) is 64.6 Å². The summed E-state index contributed by atoms with van der Waals surface area (Å²) < 4.78 is 9.38. The van der Waals surface area contributed by atoms with Crippen LogP contribution in [0.15, 0.2) is 0 Å². The van der Waals surface area contributed by atoms with Gasteiger partial charge in [-0.25, -0.2) is 4.79 Å². The first-order chi connectivity index (χ1) is 6.11. The molecule has 0 radical (unpaired) electrons. The maximum atomic E-state index is 11.0. The maximum absolute atomic E-state index is 11.0. The number of likely N-dealkylation sites (N-methyl/N-ethyl adjacent to an activating group) is 1. The van der Waals surface area contributed by atoms with E-state index < -0.39 is 18.0 Å². The Bertz CT molecular complexity index is 181. The summed E-state index contributed by atoms with van der Waals surface area (Å²) in [6.45, 7) is 3.54. The molecule has 0 aromatic carbocycles. The Kier molecular flexibility index (Phi) is 5.88. The van der Waals surface area contributed by atoms with Crippen LogP contribution in [-0.4, -0.2) is 38.2 Å². The minimum atomic E-state index is -0.833. The molecule has 0 bridgehead atoms. The van der Waals surface area contributed by atoms with Crippen LogP contribution in [0, 0.1) is 0 Å². The number of nitrogens with one attached hydrogen (secondary N) is 1. The molecule has 1 atom stereocenters. The van der Waals surface area contributed by atoms with E-state index in [2.05, 4.69) is 10.1 Å². The molecule has 0 amide bonds. The average Bonchev–Trinajstić information content (AvgIpc) is 2.05. The van der Waals surface area contributed by atoms with Gasteiger partial charge < -0.3 is 14.8 Å². The summed E-state index contributed by atoms with van der Waals surface area (Å²) in [5.41, 5.74) is 0. The minimum absolute atomic E-state index is 0.0870. The lowest BCUT2D eigenvalue weighted by atomic mass is 10.4. The van der Waals surface area contributed by atoms with Crippen LogP contribution in [0.1, 0.15) is 13.8 Å². The van der Waals surface area contributed by atoms with Gasteiger partial charge in [0.15, 0.2) is 6.10 Å². The van der Waals surface area contributed by atoms with E-state index in [0.29, 0.717) is 0 Å². The minimum Gasteiger partial charge on any atom is -0.463 e. The first-order valence-electron chi connectivity index (χ1n) is 4.12. The van der Waals surface area contributed by atoms with Crippen LogP contribution in [-0.2, 0) is 19.1 Å². The molecule has 0 aromatic rings. The van der Waals surface area contributed by atoms with Crippen LogP contribution in [0.4, 0.5) is 0 Å². The van der Waals surface area contributed by atoms with Crippen molar-refractivity contribution in [3.63, 3.8) is 0 Å². The number of esters is 2. The highest BCUT2D eigenvalue weighted by atomic mass is 16.6. The molecule has 76 valence electrons. The molecule has 13 heavy (non-hydrogen) atoms. The van der Waals surface area contributed by atoms with E-state index in [1.807, 2.05) is 0 Å². The van der Waals surface area contributed by atoms with Gasteiger partial charge in [-0.15, -0.1) is 0 Å². The Hall–Kier alpha value is -1.10. The number of ether oxygens (including phenoxy) is 2. The maximum Gasteiger partial charge on any atom is 0.347 e. The largest absolute Gasteiger partial charge is 0.463 e. The van der Waals surface area contributed by atoms with Crippen molar-refractivity contribution < 1.29 is 19.1 Å². The first-order valence-corrected chi connectivity index (χ1v) is 4.12.